The lowest BCUT2D eigenvalue weighted by Gasteiger charge is -2.37. The molecule has 1 aromatic heterocycles. The molecule has 7 heteroatoms. The van der Waals surface area contributed by atoms with Crippen molar-refractivity contribution in [2.75, 3.05) is 26.7 Å². The quantitative estimate of drug-likeness (QED) is 0.760. The van der Waals surface area contributed by atoms with E-state index in [0.29, 0.717) is 0 Å². The molecule has 0 spiro atoms. The van der Waals surface area contributed by atoms with Crippen LogP contribution in [0.4, 0.5) is 0 Å². The van der Waals surface area contributed by atoms with E-state index in [1.807, 2.05) is 13.1 Å². The normalized spacial score (nSPS) is 17.6. The van der Waals surface area contributed by atoms with Crippen LogP contribution in [0.15, 0.2) is 47.3 Å². The van der Waals surface area contributed by atoms with Gasteiger partial charge in [0.25, 0.3) is 5.56 Å². The standard InChI is InChI=1S/C20H25ClN4O2/c1-23(20(27)15-25-19(26)10-9-18(21)22-25)17-8-5-12-24(14-17)13-11-16-6-3-2-4-7-16/h2-4,6-7,9-10,17H,5,8,11-15H2,1H3. The number of benzene rings is 1. The third-order valence-electron chi connectivity index (χ3n) is 5.10. The fourth-order valence-electron chi connectivity index (χ4n) is 3.46. The summed E-state index contributed by atoms with van der Waals surface area (Å²) in [6.45, 7) is 2.81. The molecular formula is C20H25ClN4O2. The number of carbonyl (C=O) groups excluding carboxylic acids is 1. The summed E-state index contributed by atoms with van der Waals surface area (Å²) in [4.78, 5) is 28.6. The van der Waals surface area contributed by atoms with Gasteiger partial charge in [-0.25, -0.2) is 4.68 Å². The van der Waals surface area contributed by atoms with Gasteiger partial charge in [-0.3, -0.25) is 9.59 Å². The van der Waals surface area contributed by atoms with Crippen LogP contribution >= 0.6 is 11.6 Å². The number of amides is 1. The van der Waals surface area contributed by atoms with Crippen molar-refractivity contribution in [1.82, 2.24) is 19.6 Å². The highest BCUT2D eigenvalue weighted by molar-refractivity contribution is 6.29. The van der Waals surface area contributed by atoms with E-state index in [9.17, 15) is 9.59 Å². The molecule has 0 saturated carbocycles. The number of likely N-dealkylation sites (tertiary alicyclic amines) is 1. The van der Waals surface area contributed by atoms with Crippen molar-refractivity contribution in [2.24, 2.45) is 0 Å². The maximum absolute atomic E-state index is 12.6. The third-order valence-corrected chi connectivity index (χ3v) is 5.30. The molecule has 1 unspecified atom stereocenters. The molecule has 1 aliphatic rings. The summed E-state index contributed by atoms with van der Waals surface area (Å²) in [5.41, 5.74) is 1.00. The second-order valence-electron chi connectivity index (χ2n) is 6.99. The van der Waals surface area contributed by atoms with E-state index in [1.54, 1.807) is 4.90 Å². The molecule has 1 aliphatic heterocycles. The topological polar surface area (TPSA) is 58.4 Å². The second-order valence-corrected chi connectivity index (χ2v) is 7.38. The van der Waals surface area contributed by atoms with Gasteiger partial charge in [0.05, 0.1) is 0 Å². The first-order chi connectivity index (χ1) is 13.0. The van der Waals surface area contributed by atoms with E-state index in [0.717, 1.165) is 43.6 Å². The molecule has 1 saturated heterocycles. The Hall–Kier alpha value is -2.18. The molecule has 1 fully saturated rings. The van der Waals surface area contributed by atoms with Crippen molar-refractivity contribution >= 4 is 17.5 Å². The maximum atomic E-state index is 12.6. The highest BCUT2D eigenvalue weighted by Gasteiger charge is 2.26. The largest absolute Gasteiger partial charge is 0.340 e. The number of nitrogens with zero attached hydrogens (tertiary/aromatic N) is 4. The number of hydrogen-bond donors (Lipinski definition) is 0. The zero-order chi connectivity index (χ0) is 19.2. The van der Waals surface area contributed by atoms with Gasteiger partial charge in [0.15, 0.2) is 0 Å². The van der Waals surface area contributed by atoms with Gasteiger partial charge in [-0.15, -0.1) is 0 Å². The van der Waals surface area contributed by atoms with Gasteiger partial charge in [-0.1, -0.05) is 41.9 Å². The van der Waals surface area contributed by atoms with Crippen LogP contribution in [0.2, 0.25) is 5.15 Å². The summed E-state index contributed by atoms with van der Waals surface area (Å²) >= 11 is 5.83. The molecule has 1 amide bonds. The van der Waals surface area contributed by atoms with Crippen LogP contribution in [0.5, 0.6) is 0 Å². The number of rotatable bonds is 6. The second kappa shape index (κ2) is 9.15. The van der Waals surface area contributed by atoms with Crippen LogP contribution in [-0.4, -0.2) is 58.2 Å². The number of halogens is 1. The fourth-order valence-corrected chi connectivity index (χ4v) is 3.62. The van der Waals surface area contributed by atoms with Crippen molar-refractivity contribution in [1.29, 1.82) is 0 Å². The van der Waals surface area contributed by atoms with Crippen molar-refractivity contribution in [3.8, 4) is 0 Å². The summed E-state index contributed by atoms with van der Waals surface area (Å²) < 4.78 is 1.12. The lowest BCUT2D eigenvalue weighted by Crippen LogP contribution is -2.50. The van der Waals surface area contributed by atoms with Gasteiger partial charge in [0.1, 0.15) is 11.7 Å². The number of piperidine rings is 1. The Labute approximate surface area is 164 Å². The zero-order valence-electron chi connectivity index (χ0n) is 15.6. The predicted octanol–water partition coefficient (Wildman–Crippen LogP) is 2.06. The number of carbonyl (C=O) groups is 1. The lowest BCUT2D eigenvalue weighted by molar-refractivity contribution is -0.133. The van der Waals surface area contributed by atoms with Crippen LogP contribution in [0.3, 0.4) is 0 Å². The number of aromatic nitrogens is 2. The van der Waals surface area contributed by atoms with Gasteiger partial charge in [-0.2, -0.15) is 5.10 Å². The summed E-state index contributed by atoms with van der Waals surface area (Å²) in [5.74, 6) is -0.123. The van der Waals surface area contributed by atoms with Crippen molar-refractivity contribution in [3.05, 3.63) is 63.5 Å². The van der Waals surface area contributed by atoms with Crippen molar-refractivity contribution < 1.29 is 4.79 Å². The SMILES string of the molecule is CN(C(=O)Cn1nc(Cl)ccc1=O)C1CCCN(CCc2ccccc2)C1. The Kier molecular flexibility index (Phi) is 6.63. The maximum Gasteiger partial charge on any atom is 0.267 e. The zero-order valence-corrected chi connectivity index (χ0v) is 16.3. The van der Waals surface area contributed by atoms with E-state index in [4.69, 9.17) is 11.6 Å². The van der Waals surface area contributed by atoms with Crippen LogP contribution < -0.4 is 5.56 Å². The molecule has 0 bridgehead atoms. The average molecular weight is 389 g/mol. The molecule has 0 radical (unpaired) electrons. The summed E-state index contributed by atoms with van der Waals surface area (Å²) in [7, 11) is 1.81. The van der Waals surface area contributed by atoms with Crippen LogP contribution in [0, 0.1) is 0 Å². The molecule has 1 aromatic carbocycles. The Bertz CT molecular complexity index is 824. The molecular weight excluding hydrogens is 364 g/mol. The molecule has 27 heavy (non-hydrogen) atoms. The van der Waals surface area contributed by atoms with Gasteiger partial charge in [0, 0.05) is 32.2 Å². The summed E-state index contributed by atoms with van der Waals surface area (Å²) in [6, 6.07) is 13.4. The smallest absolute Gasteiger partial charge is 0.267 e. The van der Waals surface area contributed by atoms with Crippen LogP contribution in [-0.2, 0) is 17.8 Å². The Morgan fingerprint density at radius 2 is 2.04 bits per heavy atom. The predicted molar refractivity (Wildman–Crippen MR) is 106 cm³/mol. The minimum atomic E-state index is -0.325. The summed E-state index contributed by atoms with van der Waals surface area (Å²) in [5, 5.41) is 4.13. The molecule has 2 heterocycles. The van der Waals surface area contributed by atoms with Gasteiger partial charge < -0.3 is 9.80 Å². The van der Waals surface area contributed by atoms with Crippen LogP contribution in [0.25, 0.3) is 0 Å². The van der Waals surface area contributed by atoms with Crippen molar-refractivity contribution in [2.45, 2.75) is 31.8 Å². The monoisotopic (exact) mass is 388 g/mol. The Morgan fingerprint density at radius 1 is 1.26 bits per heavy atom. The Morgan fingerprint density at radius 3 is 2.81 bits per heavy atom. The number of likely N-dealkylation sites (N-methyl/N-ethyl adjacent to an activating group) is 1. The average Bonchev–Trinajstić information content (AvgIpc) is 2.69. The van der Waals surface area contributed by atoms with Crippen LogP contribution in [0.1, 0.15) is 18.4 Å². The highest BCUT2D eigenvalue weighted by atomic mass is 35.5. The molecule has 3 rings (SSSR count). The first kappa shape index (κ1) is 19.6. The van der Waals surface area contributed by atoms with E-state index in [-0.39, 0.29) is 29.2 Å². The lowest BCUT2D eigenvalue weighted by atomic mass is 10.0. The first-order valence-electron chi connectivity index (χ1n) is 9.28. The molecule has 2 aromatic rings. The Balaban J connectivity index is 1.55. The molecule has 144 valence electrons. The minimum Gasteiger partial charge on any atom is -0.340 e. The minimum absolute atomic E-state index is 0.0869. The van der Waals surface area contributed by atoms with Crippen molar-refractivity contribution in [3.63, 3.8) is 0 Å². The highest BCUT2D eigenvalue weighted by Crippen LogP contribution is 2.16. The van der Waals surface area contributed by atoms with E-state index in [2.05, 4.69) is 34.3 Å². The van der Waals surface area contributed by atoms with Gasteiger partial charge >= 0.3 is 0 Å². The first-order valence-corrected chi connectivity index (χ1v) is 9.66. The van der Waals surface area contributed by atoms with E-state index < -0.39 is 0 Å². The van der Waals surface area contributed by atoms with Gasteiger partial charge in [-0.05, 0) is 37.4 Å². The van der Waals surface area contributed by atoms with E-state index in [1.165, 1.54) is 17.7 Å². The molecule has 6 nitrogen and oxygen atoms in total. The molecule has 0 aliphatic carbocycles. The molecule has 0 N–H and O–H groups in total. The molecule has 1 atom stereocenters. The third kappa shape index (κ3) is 5.40. The number of hydrogen-bond acceptors (Lipinski definition) is 4. The summed E-state index contributed by atoms with van der Waals surface area (Å²) in [6.07, 6.45) is 3.04. The van der Waals surface area contributed by atoms with E-state index >= 15 is 0 Å². The van der Waals surface area contributed by atoms with Gasteiger partial charge in [0.2, 0.25) is 5.91 Å². The fraction of sp³-hybridized carbons (Fsp3) is 0.450.